The molecule has 1 saturated carbocycles. The highest BCUT2D eigenvalue weighted by atomic mass is 16.5. The number of carbonyl (C=O) groups is 1. The number of hydrogen-bond donors (Lipinski definition) is 1. The summed E-state index contributed by atoms with van der Waals surface area (Å²) in [5, 5.41) is 10.5. The van der Waals surface area contributed by atoms with E-state index in [0.717, 1.165) is 47.3 Å². The number of ketones is 1. The van der Waals surface area contributed by atoms with E-state index < -0.39 is 0 Å². The summed E-state index contributed by atoms with van der Waals surface area (Å²) in [6.45, 7) is 4.01. The number of Topliss-reactive ketones (excluding diaryl/α,β-unsaturated/α-hetero) is 1. The summed E-state index contributed by atoms with van der Waals surface area (Å²) in [5.74, 6) is 0.928. The fourth-order valence-electron chi connectivity index (χ4n) is 3.99. The van der Waals surface area contributed by atoms with Crippen LogP contribution in [0.4, 0.5) is 0 Å². The van der Waals surface area contributed by atoms with Gasteiger partial charge in [-0.2, -0.15) is 0 Å². The second kappa shape index (κ2) is 5.97. The lowest BCUT2D eigenvalue weighted by molar-refractivity contribution is -0.113. The zero-order valence-electron chi connectivity index (χ0n) is 14.1. The van der Waals surface area contributed by atoms with Crippen molar-refractivity contribution in [2.24, 2.45) is 5.41 Å². The number of allylic oxidation sites excluding steroid dienone is 2. The van der Waals surface area contributed by atoms with E-state index in [-0.39, 0.29) is 17.3 Å². The molecule has 1 fully saturated rings. The first-order chi connectivity index (χ1) is 11.0. The number of carbonyl (C=O) groups excluding carboxylic acids is 1. The van der Waals surface area contributed by atoms with Crippen molar-refractivity contribution in [3.63, 3.8) is 0 Å². The molecule has 1 aromatic rings. The van der Waals surface area contributed by atoms with Gasteiger partial charge < -0.3 is 9.84 Å². The molecule has 0 saturated heterocycles. The molecule has 2 aliphatic rings. The Kier molecular flexibility index (Phi) is 4.15. The quantitative estimate of drug-likeness (QED) is 0.842. The van der Waals surface area contributed by atoms with Crippen LogP contribution in [0.3, 0.4) is 0 Å². The van der Waals surface area contributed by atoms with E-state index in [1.165, 1.54) is 0 Å². The van der Waals surface area contributed by atoms with Crippen molar-refractivity contribution in [2.45, 2.75) is 45.6 Å². The van der Waals surface area contributed by atoms with Crippen LogP contribution in [0.25, 0.3) is 6.08 Å². The maximum atomic E-state index is 12.7. The topological polar surface area (TPSA) is 46.5 Å². The van der Waals surface area contributed by atoms with Crippen LogP contribution in [0.1, 0.15) is 45.1 Å². The molecule has 3 nitrogen and oxygen atoms in total. The third-order valence-corrected chi connectivity index (χ3v) is 5.43. The largest absolute Gasteiger partial charge is 0.497 e. The van der Waals surface area contributed by atoms with Gasteiger partial charge in [-0.1, -0.05) is 24.6 Å². The number of methoxy groups -OCH3 is 1. The van der Waals surface area contributed by atoms with Crippen LogP contribution in [0, 0.1) is 5.41 Å². The number of aliphatic hydroxyl groups excluding tert-OH is 1. The average Bonchev–Trinajstić information content (AvgIpc) is 2.55. The maximum absolute atomic E-state index is 12.7. The minimum atomic E-state index is -0.367. The number of fused-ring (bicyclic) bond motifs is 1. The van der Waals surface area contributed by atoms with E-state index in [1.807, 2.05) is 37.3 Å². The molecular formula is C20H24O3. The molecule has 3 rings (SSSR count). The maximum Gasteiger partial charge on any atom is 0.184 e. The molecule has 122 valence electrons. The Labute approximate surface area is 137 Å². The minimum absolute atomic E-state index is 0.127. The molecule has 0 spiro atoms. The molecule has 2 atom stereocenters. The number of rotatable bonds is 2. The van der Waals surface area contributed by atoms with Crippen LogP contribution in [0.5, 0.6) is 5.75 Å². The number of ether oxygens (including phenoxy) is 1. The Bertz CT molecular complexity index is 681. The first kappa shape index (κ1) is 16.0. The predicted octanol–water partition coefficient (Wildman–Crippen LogP) is 3.92. The number of benzene rings is 1. The molecule has 23 heavy (non-hydrogen) atoms. The summed E-state index contributed by atoms with van der Waals surface area (Å²) in [6.07, 6.45) is 4.92. The molecule has 0 aliphatic heterocycles. The van der Waals surface area contributed by atoms with Crippen molar-refractivity contribution < 1.29 is 14.6 Å². The van der Waals surface area contributed by atoms with Crippen LogP contribution < -0.4 is 4.74 Å². The number of hydrogen-bond acceptors (Lipinski definition) is 3. The van der Waals surface area contributed by atoms with Gasteiger partial charge in [0.05, 0.1) is 13.2 Å². The first-order valence-corrected chi connectivity index (χ1v) is 8.23. The van der Waals surface area contributed by atoms with Gasteiger partial charge in [0, 0.05) is 11.0 Å². The Morgan fingerprint density at radius 3 is 2.65 bits per heavy atom. The van der Waals surface area contributed by atoms with E-state index in [1.54, 1.807) is 7.11 Å². The molecule has 0 aromatic heterocycles. The van der Waals surface area contributed by atoms with Crippen LogP contribution in [0.2, 0.25) is 0 Å². The van der Waals surface area contributed by atoms with Gasteiger partial charge in [0.1, 0.15) is 5.75 Å². The Morgan fingerprint density at radius 1 is 1.30 bits per heavy atom. The smallest absolute Gasteiger partial charge is 0.184 e. The van der Waals surface area contributed by atoms with Crippen molar-refractivity contribution in [3.8, 4) is 5.75 Å². The molecule has 0 amide bonds. The second-order valence-corrected chi connectivity index (χ2v) is 6.88. The minimum Gasteiger partial charge on any atom is -0.497 e. The summed E-state index contributed by atoms with van der Waals surface area (Å²) in [4.78, 5) is 12.7. The zero-order valence-corrected chi connectivity index (χ0v) is 14.1. The normalized spacial score (nSPS) is 29.7. The fraction of sp³-hybridized carbons (Fsp3) is 0.450. The molecule has 3 heteroatoms. The Hall–Kier alpha value is -1.87. The predicted molar refractivity (Wildman–Crippen MR) is 91.3 cm³/mol. The highest BCUT2D eigenvalue weighted by Gasteiger charge is 2.45. The molecule has 0 heterocycles. The van der Waals surface area contributed by atoms with Gasteiger partial charge in [-0.15, -0.1) is 0 Å². The van der Waals surface area contributed by atoms with Gasteiger partial charge in [-0.3, -0.25) is 4.79 Å². The molecule has 2 aliphatic carbocycles. The van der Waals surface area contributed by atoms with Gasteiger partial charge in [0.15, 0.2) is 5.78 Å². The standard InChI is InChI=1S/C20H24O3/c1-13-17-5-4-6-18(21)20(17,2)12-15(19(13)22)11-14-7-9-16(23-3)10-8-14/h7-11,18,21H,4-6,12H2,1-3H3/t18-,20-/m0/s1. The second-order valence-electron chi connectivity index (χ2n) is 6.88. The van der Waals surface area contributed by atoms with Crippen molar-refractivity contribution in [3.05, 3.63) is 46.5 Å². The summed E-state index contributed by atoms with van der Waals surface area (Å²) in [6, 6.07) is 7.69. The van der Waals surface area contributed by atoms with Gasteiger partial charge in [-0.05, 0) is 62.0 Å². The van der Waals surface area contributed by atoms with E-state index in [2.05, 4.69) is 6.92 Å². The highest BCUT2D eigenvalue weighted by Crippen LogP contribution is 2.50. The van der Waals surface area contributed by atoms with E-state index in [9.17, 15) is 9.90 Å². The van der Waals surface area contributed by atoms with E-state index in [4.69, 9.17) is 4.74 Å². The third kappa shape index (κ3) is 2.74. The summed E-state index contributed by atoms with van der Waals surface area (Å²) < 4.78 is 5.17. The van der Waals surface area contributed by atoms with Crippen molar-refractivity contribution >= 4 is 11.9 Å². The SMILES string of the molecule is COc1ccc(C=C2C[C@@]3(C)C(=C(C)C2=O)CCC[C@@H]3O)cc1. The van der Waals surface area contributed by atoms with Crippen molar-refractivity contribution in [1.82, 2.24) is 0 Å². The first-order valence-electron chi connectivity index (χ1n) is 8.23. The average molecular weight is 312 g/mol. The van der Waals surface area contributed by atoms with Crippen LogP contribution in [0.15, 0.2) is 41.0 Å². The lowest BCUT2D eigenvalue weighted by Crippen LogP contribution is -2.42. The number of aliphatic hydroxyl groups is 1. The fourth-order valence-corrected chi connectivity index (χ4v) is 3.99. The monoisotopic (exact) mass is 312 g/mol. The lowest BCUT2D eigenvalue weighted by atomic mass is 9.61. The zero-order chi connectivity index (χ0) is 16.6. The van der Waals surface area contributed by atoms with Crippen molar-refractivity contribution in [2.75, 3.05) is 7.11 Å². The molecule has 1 N–H and O–H groups in total. The van der Waals surface area contributed by atoms with Gasteiger partial charge in [-0.25, -0.2) is 0 Å². The summed E-state index contributed by atoms with van der Waals surface area (Å²) in [5.41, 5.74) is 3.47. The Morgan fingerprint density at radius 2 is 2.00 bits per heavy atom. The van der Waals surface area contributed by atoms with Crippen LogP contribution >= 0.6 is 0 Å². The lowest BCUT2D eigenvalue weighted by Gasteiger charge is -2.45. The summed E-state index contributed by atoms with van der Waals surface area (Å²) >= 11 is 0. The van der Waals surface area contributed by atoms with Crippen LogP contribution in [-0.4, -0.2) is 24.1 Å². The third-order valence-electron chi connectivity index (χ3n) is 5.43. The van der Waals surface area contributed by atoms with Gasteiger partial charge in [0.2, 0.25) is 0 Å². The molecule has 0 bridgehead atoms. The summed E-state index contributed by atoms with van der Waals surface area (Å²) in [7, 11) is 1.64. The van der Waals surface area contributed by atoms with Gasteiger partial charge in [0.25, 0.3) is 0 Å². The molecule has 0 radical (unpaired) electrons. The molecule has 0 unspecified atom stereocenters. The van der Waals surface area contributed by atoms with Crippen LogP contribution in [-0.2, 0) is 4.79 Å². The highest BCUT2D eigenvalue weighted by molar-refractivity contribution is 6.12. The molecular weight excluding hydrogens is 288 g/mol. The Balaban J connectivity index is 1.99. The van der Waals surface area contributed by atoms with Gasteiger partial charge >= 0.3 is 0 Å². The molecule has 1 aromatic carbocycles. The van der Waals surface area contributed by atoms with E-state index >= 15 is 0 Å². The van der Waals surface area contributed by atoms with E-state index in [0.29, 0.717) is 6.42 Å². The van der Waals surface area contributed by atoms with Crippen molar-refractivity contribution in [1.29, 1.82) is 0 Å².